The molecule has 1 aliphatic rings. The molecule has 0 atom stereocenters. The van der Waals surface area contributed by atoms with Crippen molar-refractivity contribution in [3.05, 3.63) is 59.1 Å². The molecular weight excluding hydrogens is 405 g/mol. The van der Waals surface area contributed by atoms with E-state index in [2.05, 4.69) is 20.4 Å². The van der Waals surface area contributed by atoms with Crippen LogP contribution in [0.1, 0.15) is 5.56 Å². The Labute approximate surface area is 172 Å². The van der Waals surface area contributed by atoms with E-state index in [0.717, 1.165) is 37.9 Å². The van der Waals surface area contributed by atoms with E-state index in [9.17, 15) is 18.0 Å². The van der Waals surface area contributed by atoms with Gasteiger partial charge in [0.1, 0.15) is 0 Å². The summed E-state index contributed by atoms with van der Waals surface area (Å²) in [6, 6.07) is 12.0. The van der Waals surface area contributed by atoms with Crippen molar-refractivity contribution < 1.29 is 18.0 Å². The van der Waals surface area contributed by atoms with Crippen LogP contribution < -0.4 is 15.5 Å². The molecule has 0 radical (unpaired) electrons. The van der Waals surface area contributed by atoms with Crippen LogP contribution in [-0.2, 0) is 6.18 Å². The number of nitrogens with one attached hydrogen (secondary N) is 2. The molecule has 1 fully saturated rings. The predicted molar refractivity (Wildman–Crippen MR) is 109 cm³/mol. The molecule has 9 heteroatoms. The Morgan fingerprint density at radius 3 is 2.31 bits per heavy atom. The maximum absolute atomic E-state index is 13.0. The molecular formula is C20H22ClF3N4O. The summed E-state index contributed by atoms with van der Waals surface area (Å²) >= 11 is 5.92. The van der Waals surface area contributed by atoms with Gasteiger partial charge in [0.05, 0.1) is 11.3 Å². The van der Waals surface area contributed by atoms with Gasteiger partial charge < -0.3 is 15.5 Å². The molecule has 2 amide bonds. The van der Waals surface area contributed by atoms with Crippen LogP contribution in [0, 0.1) is 0 Å². The molecule has 0 aromatic heterocycles. The van der Waals surface area contributed by atoms with Gasteiger partial charge in [0.15, 0.2) is 0 Å². The van der Waals surface area contributed by atoms with Crippen molar-refractivity contribution >= 4 is 29.0 Å². The van der Waals surface area contributed by atoms with E-state index in [1.807, 2.05) is 24.3 Å². The average molecular weight is 427 g/mol. The van der Waals surface area contributed by atoms with E-state index in [4.69, 9.17) is 11.6 Å². The van der Waals surface area contributed by atoms with Crippen molar-refractivity contribution in [3.63, 3.8) is 0 Å². The van der Waals surface area contributed by atoms with Gasteiger partial charge in [-0.15, -0.1) is 0 Å². The summed E-state index contributed by atoms with van der Waals surface area (Å²) in [5.74, 6) is 0. The topological polar surface area (TPSA) is 47.6 Å². The number of alkyl halides is 3. The zero-order valence-electron chi connectivity index (χ0n) is 15.7. The van der Waals surface area contributed by atoms with Gasteiger partial charge in [0, 0.05) is 50.0 Å². The second kappa shape index (κ2) is 9.37. The minimum Gasteiger partial charge on any atom is -0.369 e. The minimum atomic E-state index is -4.52. The van der Waals surface area contributed by atoms with Crippen LogP contribution in [-0.4, -0.2) is 50.2 Å². The number of para-hydroxylation sites is 1. The van der Waals surface area contributed by atoms with E-state index in [-0.39, 0.29) is 5.69 Å². The van der Waals surface area contributed by atoms with Crippen molar-refractivity contribution in [1.82, 2.24) is 10.2 Å². The number of amides is 2. The van der Waals surface area contributed by atoms with Gasteiger partial charge in [-0.1, -0.05) is 23.7 Å². The Hall–Kier alpha value is -2.45. The van der Waals surface area contributed by atoms with E-state index >= 15 is 0 Å². The summed E-state index contributed by atoms with van der Waals surface area (Å²) in [7, 11) is 0. The van der Waals surface area contributed by atoms with E-state index in [1.54, 1.807) is 0 Å². The van der Waals surface area contributed by atoms with Crippen molar-refractivity contribution in [2.75, 3.05) is 49.5 Å². The molecule has 29 heavy (non-hydrogen) atoms. The number of anilines is 2. The van der Waals surface area contributed by atoms with Gasteiger partial charge in [-0.3, -0.25) is 4.90 Å². The number of hydrogen-bond acceptors (Lipinski definition) is 3. The molecule has 2 aromatic rings. The third kappa shape index (κ3) is 6.01. The number of piperazine rings is 1. The van der Waals surface area contributed by atoms with Gasteiger partial charge in [-0.2, -0.15) is 13.2 Å². The van der Waals surface area contributed by atoms with Gasteiger partial charge in [0.2, 0.25) is 0 Å². The highest BCUT2D eigenvalue weighted by atomic mass is 35.5. The summed E-state index contributed by atoms with van der Waals surface area (Å²) < 4.78 is 38.9. The highest BCUT2D eigenvalue weighted by Gasteiger charge is 2.33. The SMILES string of the molecule is O=C(NCCN1CCN(c2ccc(Cl)cc2)CC1)Nc1ccccc1C(F)(F)F. The standard InChI is InChI=1S/C20H22ClF3N4O/c21-15-5-7-16(8-6-15)28-13-11-27(12-14-28)10-9-25-19(29)26-18-4-2-1-3-17(18)20(22,23)24/h1-8H,9-14H2,(H2,25,26,29). The van der Waals surface area contributed by atoms with Gasteiger partial charge in [-0.05, 0) is 36.4 Å². The average Bonchev–Trinajstić information content (AvgIpc) is 2.69. The summed E-state index contributed by atoms with van der Waals surface area (Å²) in [6.45, 7) is 4.36. The van der Waals surface area contributed by atoms with Crippen LogP contribution in [0.25, 0.3) is 0 Å². The fourth-order valence-corrected chi connectivity index (χ4v) is 3.34. The zero-order chi connectivity index (χ0) is 20.9. The molecule has 1 aliphatic heterocycles. The predicted octanol–water partition coefficient (Wildman–Crippen LogP) is 4.30. The first-order valence-corrected chi connectivity index (χ1v) is 9.65. The smallest absolute Gasteiger partial charge is 0.369 e. The third-order valence-electron chi connectivity index (χ3n) is 4.76. The van der Waals surface area contributed by atoms with Crippen molar-refractivity contribution in [3.8, 4) is 0 Å². The largest absolute Gasteiger partial charge is 0.418 e. The molecule has 2 N–H and O–H groups in total. The number of hydrogen-bond donors (Lipinski definition) is 2. The Bertz CT molecular complexity index is 821. The highest BCUT2D eigenvalue weighted by molar-refractivity contribution is 6.30. The first kappa shape index (κ1) is 21.3. The second-order valence-electron chi connectivity index (χ2n) is 6.73. The van der Waals surface area contributed by atoms with Crippen molar-refractivity contribution in [2.45, 2.75) is 6.18 Å². The first-order valence-electron chi connectivity index (χ1n) is 9.27. The van der Waals surface area contributed by atoms with Crippen LogP contribution in [0.4, 0.5) is 29.3 Å². The van der Waals surface area contributed by atoms with Crippen LogP contribution in [0.3, 0.4) is 0 Å². The normalized spacial score (nSPS) is 15.2. The Morgan fingerprint density at radius 1 is 1.00 bits per heavy atom. The summed E-state index contributed by atoms with van der Waals surface area (Å²) in [5.41, 5.74) is -0.00238. The number of benzene rings is 2. The Kier molecular flexibility index (Phi) is 6.87. The molecule has 5 nitrogen and oxygen atoms in total. The van der Waals surface area contributed by atoms with E-state index in [0.29, 0.717) is 18.1 Å². The van der Waals surface area contributed by atoms with Crippen LogP contribution in [0.15, 0.2) is 48.5 Å². The molecule has 2 aromatic carbocycles. The van der Waals surface area contributed by atoms with Gasteiger partial charge >= 0.3 is 12.2 Å². The number of halogens is 4. The first-order chi connectivity index (χ1) is 13.8. The number of nitrogens with zero attached hydrogens (tertiary/aromatic N) is 2. The zero-order valence-corrected chi connectivity index (χ0v) is 16.4. The van der Waals surface area contributed by atoms with E-state index in [1.165, 1.54) is 18.2 Å². The number of rotatable bonds is 5. The molecule has 0 aliphatic carbocycles. The van der Waals surface area contributed by atoms with Gasteiger partial charge in [0.25, 0.3) is 0 Å². The van der Waals surface area contributed by atoms with Crippen molar-refractivity contribution in [1.29, 1.82) is 0 Å². The molecule has 1 heterocycles. The van der Waals surface area contributed by atoms with Crippen LogP contribution >= 0.6 is 11.6 Å². The monoisotopic (exact) mass is 426 g/mol. The lowest BCUT2D eigenvalue weighted by Gasteiger charge is -2.36. The quantitative estimate of drug-likeness (QED) is 0.749. The highest BCUT2D eigenvalue weighted by Crippen LogP contribution is 2.34. The number of carbonyl (C=O) groups excluding carboxylic acids is 1. The Morgan fingerprint density at radius 2 is 1.66 bits per heavy atom. The fraction of sp³-hybridized carbons (Fsp3) is 0.350. The third-order valence-corrected chi connectivity index (χ3v) is 5.01. The lowest BCUT2D eigenvalue weighted by Crippen LogP contribution is -2.48. The summed E-state index contributed by atoms with van der Waals surface area (Å²) in [4.78, 5) is 16.4. The summed E-state index contributed by atoms with van der Waals surface area (Å²) in [6.07, 6.45) is -4.52. The molecule has 1 saturated heterocycles. The summed E-state index contributed by atoms with van der Waals surface area (Å²) in [5, 5.41) is 5.60. The fourth-order valence-electron chi connectivity index (χ4n) is 3.21. The van der Waals surface area contributed by atoms with Crippen molar-refractivity contribution in [2.24, 2.45) is 0 Å². The molecule has 156 valence electrons. The van der Waals surface area contributed by atoms with Crippen LogP contribution in [0.5, 0.6) is 0 Å². The Balaban J connectivity index is 1.41. The minimum absolute atomic E-state index is 0.255. The molecule has 0 spiro atoms. The number of carbonyl (C=O) groups is 1. The lowest BCUT2D eigenvalue weighted by molar-refractivity contribution is -0.136. The molecule has 0 unspecified atom stereocenters. The number of urea groups is 1. The molecule has 0 bridgehead atoms. The molecule has 3 rings (SSSR count). The van der Waals surface area contributed by atoms with Crippen LogP contribution in [0.2, 0.25) is 5.02 Å². The molecule has 0 saturated carbocycles. The van der Waals surface area contributed by atoms with Gasteiger partial charge in [-0.25, -0.2) is 4.79 Å². The maximum Gasteiger partial charge on any atom is 0.418 e. The lowest BCUT2D eigenvalue weighted by atomic mass is 10.1. The van der Waals surface area contributed by atoms with E-state index < -0.39 is 17.8 Å². The second-order valence-corrected chi connectivity index (χ2v) is 7.17. The maximum atomic E-state index is 13.0.